The molecule has 156 valence electrons. The largest absolute Gasteiger partial charge is 0.489 e. The summed E-state index contributed by atoms with van der Waals surface area (Å²) in [5, 5.41) is 3.15. The summed E-state index contributed by atoms with van der Waals surface area (Å²) in [6.07, 6.45) is 0.559. The van der Waals surface area contributed by atoms with E-state index in [9.17, 15) is 4.79 Å². The van der Waals surface area contributed by atoms with Crippen LogP contribution in [0.4, 0.5) is 5.69 Å². The number of hydrogen-bond acceptors (Lipinski definition) is 2. The predicted octanol–water partition coefficient (Wildman–Crippen LogP) is 6.71. The molecule has 0 aromatic heterocycles. The lowest BCUT2D eigenvalue weighted by atomic mass is 9.86. The first-order chi connectivity index (χ1) is 13.5. The lowest BCUT2D eigenvalue weighted by molar-refractivity contribution is -0.117. The first-order valence-electron chi connectivity index (χ1n) is 10.7. The molecule has 0 aliphatic carbocycles. The molecular weight excluding hydrogens is 358 g/mol. The summed E-state index contributed by atoms with van der Waals surface area (Å²) < 4.78 is 6.29. The SMILES string of the molecule is Cc1c(NC(=O)CC(C)(C)C)cc2c(c1C)OC(C)C2c1ccc(C(C)C)cc1. The lowest BCUT2D eigenvalue weighted by Crippen LogP contribution is -2.20. The van der Waals surface area contributed by atoms with E-state index in [1.54, 1.807) is 0 Å². The Bertz CT molecular complexity index is 904. The van der Waals surface area contributed by atoms with Gasteiger partial charge in [0, 0.05) is 23.6 Å². The lowest BCUT2D eigenvalue weighted by Gasteiger charge is -2.20. The third-order valence-electron chi connectivity index (χ3n) is 5.90. The van der Waals surface area contributed by atoms with Gasteiger partial charge in [0.25, 0.3) is 0 Å². The van der Waals surface area contributed by atoms with Crippen molar-refractivity contribution in [3.8, 4) is 5.75 Å². The number of amides is 1. The van der Waals surface area contributed by atoms with E-state index in [1.165, 1.54) is 16.7 Å². The van der Waals surface area contributed by atoms with Crippen molar-refractivity contribution in [1.29, 1.82) is 0 Å². The number of nitrogens with one attached hydrogen (secondary N) is 1. The van der Waals surface area contributed by atoms with Crippen molar-refractivity contribution in [2.24, 2.45) is 5.41 Å². The minimum atomic E-state index is -0.0396. The van der Waals surface area contributed by atoms with Gasteiger partial charge < -0.3 is 10.1 Å². The normalized spacial score (nSPS) is 18.5. The third kappa shape index (κ3) is 4.49. The van der Waals surface area contributed by atoms with E-state index in [-0.39, 0.29) is 23.3 Å². The number of rotatable bonds is 4. The van der Waals surface area contributed by atoms with Crippen LogP contribution in [0.15, 0.2) is 30.3 Å². The van der Waals surface area contributed by atoms with Crippen molar-refractivity contribution in [2.75, 3.05) is 5.32 Å². The molecule has 1 aliphatic heterocycles. The molecule has 2 unspecified atom stereocenters. The molecule has 1 N–H and O–H groups in total. The van der Waals surface area contributed by atoms with Crippen LogP contribution >= 0.6 is 0 Å². The van der Waals surface area contributed by atoms with Gasteiger partial charge in [-0.15, -0.1) is 0 Å². The van der Waals surface area contributed by atoms with Crippen LogP contribution in [0, 0.1) is 19.3 Å². The summed E-state index contributed by atoms with van der Waals surface area (Å²) >= 11 is 0. The van der Waals surface area contributed by atoms with Gasteiger partial charge in [-0.3, -0.25) is 4.79 Å². The predicted molar refractivity (Wildman–Crippen MR) is 121 cm³/mol. The molecule has 1 aliphatic rings. The van der Waals surface area contributed by atoms with Crippen molar-refractivity contribution >= 4 is 11.6 Å². The zero-order valence-corrected chi connectivity index (χ0v) is 19.1. The smallest absolute Gasteiger partial charge is 0.224 e. The maximum atomic E-state index is 12.6. The number of hydrogen-bond donors (Lipinski definition) is 1. The fourth-order valence-electron chi connectivity index (χ4n) is 4.16. The molecule has 2 atom stereocenters. The van der Waals surface area contributed by atoms with Gasteiger partial charge in [0.2, 0.25) is 5.91 Å². The number of carbonyl (C=O) groups is 1. The van der Waals surface area contributed by atoms with Crippen LogP contribution in [0.1, 0.15) is 87.6 Å². The third-order valence-corrected chi connectivity index (χ3v) is 5.90. The molecule has 1 heterocycles. The van der Waals surface area contributed by atoms with Gasteiger partial charge in [0.15, 0.2) is 0 Å². The van der Waals surface area contributed by atoms with E-state index in [0.29, 0.717) is 12.3 Å². The molecule has 3 rings (SSSR count). The molecular formula is C26H35NO2. The monoisotopic (exact) mass is 393 g/mol. The summed E-state index contributed by atoms with van der Waals surface area (Å²) in [6, 6.07) is 11.0. The Kier molecular flexibility index (Phi) is 5.80. The Balaban J connectivity index is 1.98. The Morgan fingerprint density at radius 1 is 1.10 bits per heavy atom. The van der Waals surface area contributed by atoms with Gasteiger partial charge in [-0.2, -0.15) is 0 Å². The molecule has 2 aromatic rings. The molecule has 0 bridgehead atoms. The summed E-state index contributed by atoms with van der Waals surface area (Å²) in [5.74, 6) is 1.72. The standard InChI is InChI=1S/C26H35NO2/c1-15(2)19-9-11-20(12-10-19)24-18(5)29-25-17(4)16(3)22(13-21(24)25)27-23(28)14-26(6,7)8/h9-13,15,18,24H,14H2,1-8H3,(H,27,28). The second kappa shape index (κ2) is 7.85. The first kappa shape index (κ1) is 21.4. The van der Waals surface area contributed by atoms with E-state index in [4.69, 9.17) is 4.74 Å². The summed E-state index contributed by atoms with van der Waals surface area (Å²) in [7, 11) is 0. The van der Waals surface area contributed by atoms with Crippen LogP contribution < -0.4 is 10.1 Å². The van der Waals surface area contributed by atoms with Gasteiger partial charge in [0.05, 0.1) is 0 Å². The van der Waals surface area contributed by atoms with Crippen molar-refractivity contribution in [1.82, 2.24) is 0 Å². The van der Waals surface area contributed by atoms with Crippen molar-refractivity contribution in [2.45, 2.75) is 79.8 Å². The number of ether oxygens (including phenoxy) is 1. The zero-order valence-electron chi connectivity index (χ0n) is 19.1. The molecule has 0 fully saturated rings. The first-order valence-corrected chi connectivity index (χ1v) is 10.7. The fraction of sp³-hybridized carbons (Fsp3) is 0.500. The molecule has 1 amide bonds. The molecule has 29 heavy (non-hydrogen) atoms. The summed E-state index contributed by atoms with van der Waals surface area (Å²) in [5.41, 5.74) is 6.82. The highest BCUT2D eigenvalue weighted by atomic mass is 16.5. The molecule has 3 heteroatoms. The van der Waals surface area contributed by atoms with E-state index < -0.39 is 0 Å². The zero-order chi connectivity index (χ0) is 21.5. The Morgan fingerprint density at radius 3 is 2.28 bits per heavy atom. The molecule has 2 aromatic carbocycles. The maximum Gasteiger partial charge on any atom is 0.224 e. The van der Waals surface area contributed by atoms with Gasteiger partial charge in [0.1, 0.15) is 11.9 Å². The van der Waals surface area contributed by atoms with Crippen LogP contribution in [-0.2, 0) is 4.79 Å². The second-order valence-corrected chi connectivity index (χ2v) is 10.0. The highest BCUT2D eigenvalue weighted by molar-refractivity contribution is 5.92. The Labute approximate surface area is 175 Å². The molecule has 0 spiro atoms. The molecule has 0 saturated carbocycles. The maximum absolute atomic E-state index is 12.6. The number of anilines is 1. The summed E-state index contributed by atoms with van der Waals surface area (Å²) in [6.45, 7) is 17.0. The van der Waals surface area contributed by atoms with E-state index in [0.717, 1.165) is 22.6 Å². The number of carbonyl (C=O) groups excluding carboxylic acids is 1. The van der Waals surface area contributed by atoms with E-state index in [2.05, 4.69) is 91.0 Å². The highest BCUT2D eigenvalue weighted by Gasteiger charge is 2.35. The van der Waals surface area contributed by atoms with Crippen LogP contribution in [0.2, 0.25) is 0 Å². The number of fused-ring (bicyclic) bond motifs is 1. The van der Waals surface area contributed by atoms with Gasteiger partial charge in [-0.25, -0.2) is 0 Å². The molecule has 0 saturated heterocycles. The molecule has 0 radical (unpaired) electrons. The minimum absolute atomic E-state index is 0.0396. The molecule has 3 nitrogen and oxygen atoms in total. The Morgan fingerprint density at radius 2 is 1.72 bits per heavy atom. The summed E-state index contributed by atoms with van der Waals surface area (Å²) in [4.78, 5) is 12.6. The van der Waals surface area contributed by atoms with Gasteiger partial charge in [-0.1, -0.05) is 58.9 Å². The van der Waals surface area contributed by atoms with Crippen LogP contribution in [0.5, 0.6) is 5.75 Å². The second-order valence-electron chi connectivity index (χ2n) is 10.0. The van der Waals surface area contributed by atoms with Crippen molar-refractivity contribution < 1.29 is 9.53 Å². The van der Waals surface area contributed by atoms with Crippen molar-refractivity contribution in [3.63, 3.8) is 0 Å². The highest BCUT2D eigenvalue weighted by Crippen LogP contribution is 2.47. The fourth-order valence-corrected chi connectivity index (χ4v) is 4.16. The average Bonchev–Trinajstić information content (AvgIpc) is 2.94. The quantitative estimate of drug-likeness (QED) is 0.626. The van der Waals surface area contributed by atoms with Crippen LogP contribution in [0.25, 0.3) is 0 Å². The minimum Gasteiger partial charge on any atom is -0.489 e. The van der Waals surface area contributed by atoms with Gasteiger partial charge in [-0.05, 0) is 60.4 Å². The van der Waals surface area contributed by atoms with Gasteiger partial charge >= 0.3 is 0 Å². The topological polar surface area (TPSA) is 38.3 Å². The number of benzene rings is 2. The van der Waals surface area contributed by atoms with Crippen LogP contribution in [-0.4, -0.2) is 12.0 Å². The Hall–Kier alpha value is -2.29. The average molecular weight is 394 g/mol. The van der Waals surface area contributed by atoms with Crippen LogP contribution in [0.3, 0.4) is 0 Å². The van der Waals surface area contributed by atoms with E-state index >= 15 is 0 Å². The van der Waals surface area contributed by atoms with E-state index in [1.807, 2.05) is 0 Å². The van der Waals surface area contributed by atoms with Crippen molar-refractivity contribution in [3.05, 3.63) is 58.1 Å².